The molecule has 2 N–H and O–H groups in total. The highest BCUT2D eigenvalue weighted by atomic mass is 16.5. The predicted molar refractivity (Wildman–Crippen MR) is 97.7 cm³/mol. The molecule has 10 heteroatoms. The summed E-state index contributed by atoms with van der Waals surface area (Å²) in [5.74, 6) is 1.01. The molecule has 3 aromatic heterocycles. The van der Waals surface area contributed by atoms with Gasteiger partial charge in [-0.05, 0) is 38.1 Å². The van der Waals surface area contributed by atoms with Crippen LogP contribution in [0.1, 0.15) is 11.4 Å². The second kappa shape index (κ2) is 8.70. The Morgan fingerprint density at radius 1 is 1.15 bits per heavy atom. The quantitative estimate of drug-likeness (QED) is 0.557. The van der Waals surface area contributed by atoms with E-state index in [0.29, 0.717) is 24.7 Å². The van der Waals surface area contributed by atoms with Crippen molar-refractivity contribution in [2.45, 2.75) is 13.8 Å². The van der Waals surface area contributed by atoms with E-state index in [1.54, 1.807) is 23.1 Å². The molecular formula is C17H20N8O2. The van der Waals surface area contributed by atoms with Crippen LogP contribution in [-0.2, 0) is 4.79 Å². The number of rotatable bonds is 8. The number of carbonyl (C=O) groups excluding carboxylic acids is 1. The smallest absolute Gasteiger partial charge is 0.316 e. The minimum Gasteiger partial charge on any atom is -0.453 e. The third-order valence-corrected chi connectivity index (χ3v) is 3.50. The van der Waals surface area contributed by atoms with Crippen molar-refractivity contribution in [3.05, 3.63) is 48.0 Å². The molecule has 0 aliphatic heterocycles. The summed E-state index contributed by atoms with van der Waals surface area (Å²) in [7, 11) is 0. The van der Waals surface area contributed by atoms with Gasteiger partial charge in [-0.2, -0.15) is 5.10 Å². The number of hydrogen-bond donors (Lipinski definition) is 2. The lowest BCUT2D eigenvalue weighted by Gasteiger charge is -2.08. The molecule has 0 fully saturated rings. The molecule has 0 aliphatic carbocycles. The molecule has 0 bridgehead atoms. The average Bonchev–Trinajstić information content (AvgIpc) is 3.03. The molecule has 3 heterocycles. The molecule has 140 valence electrons. The maximum Gasteiger partial charge on any atom is 0.316 e. The molecule has 3 aromatic rings. The van der Waals surface area contributed by atoms with E-state index in [2.05, 4.69) is 35.9 Å². The monoisotopic (exact) mass is 368 g/mol. The highest BCUT2D eigenvalue weighted by Crippen LogP contribution is 2.10. The van der Waals surface area contributed by atoms with Gasteiger partial charge >= 0.3 is 6.01 Å². The van der Waals surface area contributed by atoms with Crippen molar-refractivity contribution in [1.29, 1.82) is 0 Å². The van der Waals surface area contributed by atoms with Gasteiger partial charge in [0.1, 0.15) is 5.82 Å². The van der Waals surface area contributed by atoms with E-state index in [-0.39, 0.29) is 18.5 Å². The first-order valence-corrected chi connectivity index (χ1v) is 8.39. The highest BCUT2D eigenvalue weighted by Gasteiger charge is 2.06. The predicted octanol–water partition coefficient (Wildman–Crippen LogP) is 0.676. The standard InChI is InChI=1S/C17H20N8O2/c1-12-10-13(2)25(24-12)15-5-4-14(22-23-15)18-8-9-19-16(26)11-27-17-20-6-3-7-21-17/h3-7,10H,8-9,11H2,1-2H3,(H,18,22)(H,19,26). The van der Waals surface area contributed by atoms with E-state index in [1.165, 1.54) is 0 Å². The molecule has 1 amide bonds. The van der Waals surface area contributed by atoms with Gasteiger partial charge in [0.25, 0.3) is 5.91 Å². The van der Waals surface area contributed by atoms with Gasteiger partial charge in [-0.15, -0.1) is 10.2 Å². The van der Waals surface area contributed by atoms with Crippen LogP contribution in [0.15, 0.2) is 36.7 Å². The van der Waals surface area contributed by atoms with Gasteiger partial charge in [0.15, 0.2) is 12.4 Å². The molecule has 0 radical (unpaired) electrons. The van der Waals surface area contributed by atoms with Gasteiger partial charge in [-0.3, -0.25) is 4.79 Å². The molecule has 27 heavy (non-hydrogen) atoms. The van der Waals surface area contributed by atoms with Crippen LogP contribution in [0.2, 0.25) is 0 Å². The second-order valence-electron chi connectivity index (χ2n) is 5.71. The Kier molecular flexibility index (Phi) is 5.87. The van der Waals surface area contributed by atoms with Crippen molar-refractivity contribution in [2.75, 3.05) is 25.0 Å². The summed E-state index contributed by atoms with van der Waals surface area (Å²) in [6.07, 6.45) is 3.09. The number of aryl methyl sites for hydroxylation is 2. The minimum atomic E-state index is -0.254. The third-order valence-electron chi connectivity index (χ3n) is 3.50. The maximum atomic E-state index is 11.7. The van der Waals surface area contributed by atoms with Crippen molar-refractivity contribution in [2.24, 2.45) is 0 Å². The first-order valence-electron chi connectivity index (χ1n) is 8.39. The van der Waals surface area contributed by atoms with Crippen LogP contribution in [0.25, 0.3) is 5.82 Å². The van der Waals surface area contributed by atoms with E-state index in [1.807, 2.05) is 32.0 Å². The van der Waals surface area contributed by atoms with Gasteiger partial charge in [0.2, 0.25) is 0 Å². The van der Waals surface area contributed by atoms with E-state index in [9.17, 15) is 4.79 Å². The van der Waals surface area contributed by atoms with Gasteiger partial charge in [-0.25, -0.2) is 14.6 Å². The summed E-state index contributed by atoms with van der Waals surface area (Å²) in [6, 6.07) is 7.47. The topological polar surface area (TPSA) is 120 Å². The molecular weight excluding hydrogens is 348 g/mol. The van der Waals surface area contributed by atoms with Crippen molar-refractivity contribution >= 4 is 11.7 Å². The third kappa shape index (κ3) is 5.21. The van der Waals surface area contributed by atoms with Crippen LogP contribution in [0.3, 0.4) is 0 Å². The summed E-state index contributed by atoms with van der Waals surface area (Å²) >= 11 is 0. The number of anilines is 1. The molecule has 0 spiro atoms. The molecule has 10 nitrogen and oxygen atoms in total. The Labute approximate surface area is 156 Å². The van der Waals surface area contributed by atoms with E-state index >= 15 is 0 Å². The van der Waals surface area contributed by atoms with Crippen LogP contribution >= 0.6 is 0 Å². The first-order chi connectivity index (χ1) is 13.1. The second-order valence-corrected chi connectivity index (χ2v) is 5.71. The Morgan fingerprint density at radius 3 is 2.63 bits per heavy atom. The van der Waals surface area contributed by atoms with Gasteiger partial charge in [0.05, 0.1) is 5.69 Å². The molecule has 3 rings (SSSR count). The van der Waals surface area contributed by atoms with Crippen LogP contribution in [0.4, 0.5) is 5.82 Å². The van der Waals surface area contributed by atoms with Crippen molar-refractivity contribution in [3.63, 3.8) is 0 Å². The van der Waals surface area contributed by atoms with Crippen molar-refractivity contribution in [3.8, 4) is 11.8 Å². The zero-order valence-corrected chi connectivity index (χ0v) is 15.1. The lowest BCUT2D eigenvalue weighted by atomic mass is 10.4. The fraction of sp³-hybridized carbons (Fsp3) is 0.294. The van der Waals surface area contributed by atoms with Gasteiger partial charge in [-0.1, -0.05) is 0 Å². The summed E-state index contributed by atoms with van der Waals surface area (Å²) in [5.41, 5.74) is 1.92. The van der Waals surface area contributed by atoms with Crippen LogP contribution < -0.4 is 15.4 Å². The lowest BCUT2D eigenvalue weighted by molar-refractivity contribution is -0.123. The Hall–Kier alpha value is -3.56. The number of nitrogens with zero attached hydrogens (tertiary/aromatic N) is 6. The van der Waals surface area contributed by atoms with E-state index < -0.39 is 0 Å². The van der Waals surface area contributed by atoms with Crippen molar-refractivity contribution in [1.82, 2.24) is 35.3 Å². The lowest BCUT2D eigenvalue weighted by Crippen LogP contribution is -2.33. The van der Waals surface area contributed by atoms with Gasteiger partial charge in [0, 0.05) is 31.2 Å². The first kappa shape index (κ1) is 18.2. The summed E-state index contributed by atoms with van der Waals surface area (Å²) < 4.78 is 6.90. The number of hydrogen-bond acceptors (Lipinski definition) is 8. The van der Waals surface area contributed by atoms with Crippen LogP contribution in [0, 0.1) is 13.8 Å². The molecule has 0 atom stereocenters. The zero-order valence-electron chi connectivity index (χ0n) is 15.1. The maximum absolute atomic E-state index is 11.7. The fourth-order valence-corrected chi connectivity index (χ4v) is 2.33. The Bertz CT molecular complexity index is 880. The number of carbonyl (C=O) groups is 1. The minimum absolute atomic E-state index is 0.138. The molecule has 0 aliphatic rings. The van der Waals surface area contributed by atoms with E-state index in [4.69, 9.17) is 4.74 Å². The fourth-order valence-electron chi connectivity index (χ4n) is 2.33. The highest BCUT2D eigenvalue weighted by molar-refractivity contribution is 5.77. The SMILES string of the molecule is Cc1cc(C)n(-c2ccc(NCCNC(=O)COc3ncccn3)nn2)n1. The molecule has 0 aromatic carbocycles. The number of aromatic nitrogens is 6. The van der Waals surface area contributed by atoms with Gasteiger partial charge < -0.3 is 15.4 Å². The molecule has 0 saturated carbocycles. The Morgan fingerprint density at radius 2 is 1.96 bits per heavy atom. The van der Waals surface area contributed by atoms with Crippen molar-refractivity contribution < 1.29 is 9.53 Å². The number of ether oxygens (including phenoxy) is 1. The van der Waals surface area contributed by atoms with Crippen LogP contribution in [-0.4, -0.2) is 55.5 Å². The van der Waals surface area contributed by atoms with Crippen LogP contribution in [0.5, 0.6) is 6.01 Å². The largest absolute Gasteiger partial charge is 0.453 e. The molecule has 0 saturated heterocycles. The average molecular weight is 368 g/mol. The Balaban J connectivity index is 1.39. The summed E-state index contributed by atoms with van der Waals surface area (Å²) in [6.45, 7) is 4.67. The van der Waals surface area contributed by atoms with E-state index in [0.717, 1.165) is 11.4 Å². The zero-order chi connectivity index (χ0) is 19.1. The summed E-state index contributed by atoms with van der Waals surface area (Å²) in [5, 5.41) is 18.5. The number of amides is 1. The summed E-state index contributed by atoms with van der Waals surface area (Å²) in [4.78, 5) is 19.5. The molecule has 0 unspecified atom stereocenters. The number of nitrogens with one attached hydrogen (secondary N) is 2. The normalized spacial score (nSPS) is 10.4.